The molecule has 0 aliphatic heterocycles. The summed E-state index contributed by atoms with van der Waals surface area (Å²) in [5.41, 5.74) is 1.39. The molecule has 27 heavy (non-hydrogen) atoms. The zero-order valence-corrected chi connectivity index (χ0v) is 16.7. The number of hydrogen-bond donors (Lipinski definition) is 1. The van der Waals surface area contributed by atoms with Gasteiger partial charge in [0.25, 0.3) is 0 Å². The largest absolute Gasteiger partial charge is 0.493 e. The smallest absolute Gasteiger partial charge is 0.317 e. The van der Waals surface area contributed by atoms with Gasteiger partial charge >= 0.3 is 6.03 Å². The van der Waals surface area contributed by atoms with E-state index in [0.717, 1.165) is 5.56 Å². The number of nitrogens with one attached hydrogen (secondary N) is 1. The number of methoxy groups -OCH3 is 3. The minimum atomic E-state index is -0.134. The van der Waals surface area contributed by atoms with E-state index in [4.69, 9.17) is 18.7 Å². The third-order valence-electron chi connectivity index (χ3n) is 3.94. The van der Waals surface area contributed by atoms with Crippen LogP contribution in [0.1, 0.15) is 26.5 Å². The Morgan fingerprint density at radius 2 is 1.78 bits per heavy atom. The number of benzene rings is 1. The van der Waals surface area contributed by atoms with Crippen LogP contribution in [0.3, 0.4) is 0 Å². The first-order valence-electron chi connectivity index (χ1n) is 8.74. The van der Waals surface area contributed by atoms with Crippen molar-refractivity contribution in [2.75, 3.05) is 27.9 Å². The minimum Gasteiger partial charge on any atom is -0.493 e. The number of hydrogen-bond acceptors (Lipinski definition) is 6. The number of carbonyl (C=O) groups is 1. The van der Waals surface area contributed by atoms with Crippen LogP contribution < -0.4 is 19.5 Å². The quantitative estimate of drug-likeness (QED) is 0.760. The molecule has 0 bridgehead atoms. The lowest BCUT2D eigenvalue weighted by Crippen LogP contribution is -2.42. The summed E-state index contributed by atoms with van der Waals surface area (Å²) in [5, 5.41) is 6.96. The van der Waals surface area contributed by atoms with E-state index < -0.39 is 0 Å². The fourth-order valence-corrected chi connectivity index (χ4v) is 2.61. The molecule has 1 aromatic carbocycles. The average Bonchev–Trinajstić information content (AvgIpc) is 3.12. The van der Waals surface area contributed by atoms with Gasteiger partial charge in [-0.3, -0.25) is 0 Å². The molecule has 2 aromatic rings. The highest BCUT2D eigenvalue weighted by molar-refractivity contribution is 5.74. The highest BCUT2D eigenvalue weighted by Crippen LogP contribution is 2.41. The first kappa shape index (κ1) is 20.4. The van der Waals surface area contributed by atoms with Crippen LogP contribution in [0, 0.1) is 0 Å². The van der Waals surface area contributed by atoms with Gasteiger partial charge in [0.05, 0.1) is 27.9 Å². The monoisotopic (exact) mass is 377 g/mol. The molecule has 8 heteroatoms. The van der Waals surface area contributed by atoms with Gasteiger partial charge in [0.15, 0.2) is 17.3 Å². The van der Waals surface area contributed by atoms with Gasteiger partial charge in [-0.15, -0.1) is 0 Å². The summed E-state index contributed by atoms with van der Waals surface area (Å²) in [4.78, 5) is 13.9. The van der Waals surface area contributed by atoms with E-state index in [1.54, 1.807) is 44.4 Å². The molecule has 0 radical (unpaired) electrons. The first-order valence-corrected chi connectivity index (χ1v) is 8.74. The maximum absolute atomic E-state index is 12.2. The van der Waals surface area contributed by atoms with E-state index in [1.807, 2.05) is 20.8 Å². The van der Waals surface area contributed by atoms with Gasteiger partial charge in [-0.25, -0.2) is 4.79 Å². The van der Waals surface area contributed by atoms with Gasteiger partial charge in [0.1, 0.15) is 5.69 Å². The molecular weight excluding hydrogens is 350 g/mol. The fraction of sp³-hybridized carbons (Fsp3) is 0.474. The van der Waals surface area contributed by atoms with Gasteiger partial charge < -0.3 is 29.0 Å². The summed E-state index contributed by atoms with van der Waals surface area (Å²) in [6, 6.07) is 5.30. The molecule has 0 spiro atoms. The number of urea groups is 1. The van der Waals surface area contributed by atoms with Crippen LogP contribution >= 0.6 is 0 Å². The van der Waals surface area contributed by atoms with E-state index >= 15 is 0 Å². The van der Waals surface area contributed by atoms with Crippen molar-refractivity contribution in [3.63, 3.8) is 0 Å². The van der Waals surface area contributed by atoms with E-state index in [1.165, 1.54) is 0 Å². The Labute approximate surface area is 159 Å². The molecule has 0 saturated carbocycles. The van der Waals surface area contributed by atoms with Crippen molar-refractivity contribution in [1.82, 2.24) is 15.4 Å². The van der Waals surface area contributed by atoms with Crippen molar-refractivity contribution in [1.29, 1.82) is 0 Å². The Morgan fingerprint density at radius 1 is 1.15 bits per heavy atom. The summed E-state index contributed by atoms with van der Waals surface area (Å²) in [6.45, 7) is 6.67. The molecule has 0 saturated heterocycles. The van der Waals surface area contributed by atoms with Crippen LogP contribution in [0.5, 0.6) is 17.2 Å². The second-order valence-electron chi connectivity index (χ2n) is 6.21. The maximum atomic E-state index is 12.2. The second-order valence-corrected chi connectivity index (χ2v) is 6.21. The van der Waals surface area contributed by atoms with Gasteiger partial charge in [-0.1, -0.05) is 5.16 Å². The number of amides is 2. The lowest BCUT2D eigenvalue weighted by atomic mass is 10.1. The summed E-state index contributed by atoms with van der Waals surface area (Å²) in [7, 11) is 4.66. The van der Waals surface area contributed by atoms with Crippen LogP contribution in [0.25, 0.3) is 11.3 Å². The van der Waals surface area contributed by atoms with Crippen LogP contribution in [0.4, 0.5) is 4.79 Å². The predicted octanol–water partition coefficient (Wildman–Crippen LogP) is 3.31. The number of carbonyl (C=O) groups excluding carboxylic acids is 1. The predicted molar refractivity (Wildman–Crippen MR) is 101 cm³/mol. The molecule has 0 unspecified atom stereocenters. The summed E-state index contributed by atoms with van der Waals surface area (Å²) in [5.74, 6) is 2.10. The SMILES string of the molecule is CCN(Cc1cc(-c2cc(OC)c(OC)c(OC)c2)on1)C(=O)NC(C)C. The zero-order valence-electron chi connectivity index (χ0n) is 16.7. The number of aromatic nitrogens is 1. The van der Waals surface area contributed by atoms with Crippen LogP contribution in [-0.4, -0.2) is 50.0 Å². The van der Waals surface area contributed by atoms with E-state index in [2.05, 4.69) is 10.5 Å². The lowest BCUT2D eigenvalue weighted by Gasteiger charge is -2.21. The summed E-state index contributed by atoms with van der Waals surface area (Å²) in [6.07, 6.45) is 0. The third-order valence-corrected chi connectivity index (χ3v) is 3.94. The molecule has 1 N–H and O–H groups in total. The van der Waals surface area contributed by atoms with Crippen LogP contribution in [0.2, 0.25) is 0 Å². The van der Waals surface area contributed by atoms with Gasteiger partial charge in [-0.05, 0) is 32.9 Å². The molecular formula is C19H27N3O5. The summed E-state index contributed by atoms with van der Waals surface area (Å²) < 4.78 is 21.5. The van der Waals surface area contributed by atoms with Crippen molar-refractivity contribution in [2.24, 2.45) is 0 Å². The molecule has 2 amide bonds. The molecule has 8 nitrogen and oxygen atoms in total. The lowest BCUT2D eigenvalue weighted by molar-refractivity contribution is 0.194. The highest BCUT2D eigenvalue weighted by Gasteiger charge is 2.19. The fourth-order valence-electron chi connectivity index (χ4n) is 2.61. The molecule has 1 heterocycles. The minimum absolute atomic E-state index is 0.0682. The normalized spacial score (nSPS) is 10.6. The Hall–Kier alpha value is -2.90. The van der Waals surface area contributed by atoms with Crippen molar-refractivity contribution >= 4 is 6.03 Å². The number of rotatable bonds is 8. The standard InChI is InChI=1S/C19H27N3O5/c1-7-22(19(23)20-12(2)3)11-14-10-15(27-21-14)13-8-16(24-4)18(26-6)17(9-13)25-5/h8-10,12H,7,11H2,1-6H3,(H,20,23). The van der Waals surface area contributed by atoms with Gasteiger partial charge in [0, 0.05) is 24.2 Å². The van der Waals surface area contributed by atoms with Gasteiger partial charge in [-0.2, -0.15) is 0 Å². The maximum Gasteiger partial charge on any atom is 0.317 e. The third kappa shape index (κ3) is 4.84. The van der Waals surface area contributed by atoms with Crippen LogP contribution in [-0.2, 0) is 6.54 Å². The average molecular weight is 377 g/mol. The molecule has 148 valence electrons. The van der Waals surface area contributed by atoms with Crippen LogP contribution in [0.15, 0.2) is 22.7 Å². The van der Waals surface area contributed by atoms with E-state index in [-0.39, 0.29) is 12.1 Å². The Balaban J connectivity index is 2.25. The molecule has 0 aliphatic rings. The second kappa shape index (κ2) is 9.16. The van der Waals surface area contributed by atoms with E-state index in [9.17, 15) is 4.79 Å². The number of ether oxygens (including phenoxy) is 3. The Kier molecular flexibility index (Phi) is 6.92. The number of nitrogens with zero attached hydrogens (tertiary/aromatic N) is 2. The summed E-state index contributed by atoms with van der Waals surface area (Å²) >= 11 is 0. The Morgan fingerprint density at radius 3 is 2.26 bits per heavy atom. The topological polar surface area (TPSA) is 86.1 Å². The van der Waals surface area contributed by atoms with Crippen molar-refractivity contribution in [3.05, 3.63) is 23.9 Å². The molecule has 0 aliphatic carbocycles. The Bertz CT molecular complexity index is 747. The van der Waals surface area contributed by atoms with Gasteiger partial charge in [0.2, 0.25) is 5.75 Å². The van der Waals surface area contributed by atoms with E-state index in [0.29, 0.717) is 41.8 Å². The van der Waals surface area contributed by atoms with Crippen molar-refractivity contribution in [3.8, 4) is 28.6 Å². The van der Waals surface area contributed by atoms with Crippen molar-refractivity contribution in [2.45, 2.75) is 33.4 Å². The highest BCUT2D eigenvalue weighted by atomic mass is 16.5. The zero-order chi connectivity index (χ0) is 20.0. The molecule has 2 rings (SSSR count). The van der Waals surface area contributed by atoms with Crippen molar-refractivity contribution < 1.29 is 23.5 Å². The molecule has 1 aromatic heterocycles. The molecule has 0 atom stereocenters. The molecule has 0 fully saturated rings. The first-order chi connectivity index (χ1) is 12.9.